The fraction of sp³-hybridized carbons (Fsp3) is 0.333. The van der Waals surface area contributed by atoms with Crippen molar-refractivity contribution in [1.29, 1.82) is 0 Å². The minimum absolute atomic E-state index is 0.0180. The third-order valence-electron chi connectivity index (χ3n) is 2.60. The zero-order chi connectivity index (χ0) is 10.7. The molecule has 0 bridgehead atoms. The molecule has 78 valence electrons. The summed E-state index contributed by atoms with van der Waals surface area (Å²) >= 11 is 0. The van der Waals surface area contributed by atoms with Crippen LogP contribution in [0.3, 0.4) is 0 Å². The Hall–Kier alpha value is -1.64. The second-order valence-electron chi connectivity index (χ2n) is 3.78. The van der Waals surface area contributed by atoms with Crippen LogP contribution in [0.15, 0.2) is 30.3 Å². The number of nitrogens with one attached hydrogen (secondary N) is 1. The predicted octanol–water partition coefficient (Wildman–Crippen LogP) is 1.08. The van der Waals surface area contributed by atoms with Gasteiger partial charge in [0.1, 0.15) is 0 Å². The highest BCUT2D eigenvalue weighted by Gasteiger charge is 2.25. The van der Waals surface area contributed by atoms with Gasteiger partial charge in [0.25, 0.3) is 0 Å². The lowest BCUT2D eigenvalue weighted by Gasteiger charge is -2.21. The zero-order valence-electron chi connectivity index (χ0n) is 8.40. The first-order valence-corrected chi connectivity index (χ1v) is 5.12. The standard InChI is InChI=1S/C12H13NO2/c14-11-6-7-12(15)13-10(11)8-9-4-2-1-3-5-9/h1-5,10H,6-8H2,(H,13,15). The number of hydrogen-bond acceptors (Lipinski definition) is 2. The molecule has 0 saturated carbocycles. The molecule has 1 unspecified atom stereocenters. The molecule has 1 aromatic rings. The Morgan fingerprint density at radius 2 is 1.87 bits per heavy atom. The van der Waals surface area contributed by atoms with Crippen LogP contribution in [0.1, 0.15) is 18.4 Å². The van der Waals surface area contributed by atoms with Gasteiger partial charge in [-0.3, -0.25) is 9.59 Å². The number of benzene rings is 1. The van der Waals surface area contributed by atoms with Crippen molar-refractivity contribution in [2.45, 2.75) is 25.3 Å². The minimum atomic E-state index is -0.325. The Bertz CT molecular complexity index is 372. The van der Waals surface area contributed by atoms with Crippen LogP contribution in [0.25, 0.3) is 0 Å². The number of amides is 1. The first-order chi connectivity index (χ1) is 7.25. The van der Waals surface area contributed by atoms with Gasteiger partial charge in [-0.1, -0.05) is 30.3 Å². The molecule has 1 fully saturated rings. The number of hydrogen-bond donors (Lipinski definition) is 1. The average Bonchev–Trinajstić information content (AvgIpc) is 2.25. The van der Waals surface area contributed by atoms with Gasteiger partial charge in [0.2, 0.25) is 5.91 Å². The number of piperidine rings is 1. The van der Waals surface area contributed by atoms with Crippen molar-refractivity contribution < 1.29 is 9.59 Å². The van der Waals surface area contributed by atoms with E-state index in [9.17, 15) is 9.59 Å². The lowest BCUT2D eigenvalue weighted by Crippen LogP contribution is -2.46. The molecule has 1 aliphatic rings. The summed E-state index contributed by atoms with van der Waals surface area (Å²) < 4.78 is 0. The van der Waals surface area contributed by atoms with Crippen LogP contribution >= 0.6 is 0 Å². The van der Waals surface area contributed by atoms with Gasteiger partial charge in [0.05, 0.1) is 6.04 Å². The normalized spacial score (nSPS) is 21.2. The average molecular weight is 203 g/mol. The second kappa shape index (κ2) is 4.26. The van der Waals surface area contributed by atoms with Crippen molar-refractivity contribution in [3.63, 3.8) is 0 Å². The fourth-order valence-electron chi connectivity index (χ4n) is 1.77. The van der Waals surface area contributed by atoms with E-state index in [0.717, 1.165) is 5.56 Å². The van der Waals surface area contributed by atoms with E-state index >= 15 is 0 Å². The van der Waals surface area contributed by atoms with Crippen LogP contribution in [0, 0.1) is 0 Å². The van der Waals surface area contributed by atoms with Crippen LogP contribution in [0.2, 0.25) is 0 Å². The molecule has 0 spiro atoms. The first kappa shape index (κ1) is 9.90. The highest BCUT2D eigenvalue weighted by Crippen LogP contribution is 2.10. The first-order valence-electron chi connectivity index (χ1n) is 5.12. The van der Waals surface area contributed by atoms with Gasteiger partial charge in [0, 0.05) is 12.8 Å². The Morgan fingerprint density at radius 3 is 2.60 bits per heavy atom. The molecule has 1 amide bonds. The van der Waals surface area contributed by atoms with Crippen LogP contribution < -0.4 is 5.32 Å². The van der Waals surface area contributed by atoms with Gasteiger partial charge < -0.3 is 5.32 Å². The third-order valence-corrected chi connectivity index (χ3v) is 2.60. The molecule has 0 aliphatic carbocycles. The molecule has 3 nitrogen and oxygen atoms in total. The van der Waals surface area contributed by atoms with E-state index in [1.165, 1.54) is 0 Å². The SMILES string of the molecule is O=C1CCC(=O)C(Cc2ccccc2)N1. The highest BCUT2D eigenvalue weighted by molar-refractivity contribution is 5.95. The smallest absolute Gasteiger partial charge is 0.221 e. The molecule has 1 aliphatic heterocycles. The van der Waals surface area contributed by atoms with E-state index in [1.54, 1.807) is 0 Å². The maximum Gasteiger partial charge on any atom is 0.221 e. The zero-order valence-corrected chi connectivity index (χ0v) is 8.40. The van der Waals surface area contributed by atoms with Gasteiger partial charge in [0.15, 0.2) is 5.78 Å². The Balaban J connectivity index is 2.05. The Labute approximate surface area is 88.5 Å². The summed E-state index contributed by atoms with van der Waals surface area (Å²) in [5.41, 5.74) is 1.08. The number of ketones is 1. The van der Waals surface area contributed by atoms with Gasteiger partial charge in [-0.2, -0.15) is 0 Å². The summed E-state index contributed by atoms with van der Waals surface area (Å²) in [7, 11) is 0. The lowest BCUT2D eigenvalue weighted by molar-refractivity contribution is -0.132. The molecule has 1 N–H and O–H groups in total. The summed E-state index contributed by atoms with van der Waals surface area (Å²) in [4.78, 5) is 22.7. The number of carbonyl (C=O) groups excluding carboxylic acids is 2. The summed E-state index contributed by atoms with van der Waals surface area (Å²) in [6, 6.07) is 9.41. The third kappa shape index (κ3) is 2.43. The van der Waals surface area contributed by atoms with Crippen molar-refractivity contribution in [2.24, 2.45) is 0 Å². The molecule has 0 aromatic heterocycles. The molecule has 15 heavy (non-hydrogen) atoms. The fourth-order valence-corrected chi connectivity index (χ4v) is 1.77. The summed E-state index contributed by atoms with van der Waals surface area (Å²) in [5, 5.41) is 2.73. The maximum absolute atomic E-state index is 11.5. The number of rotatable bonds is 2. The second-order valence-corrected chi connectivity index (χ2v) is 3.78. The quantitative estimate of drug-likeness (QED) is 0.781. The van der Waals surface area contributed by atoms with Crippen LogP contribution in [0.4, 0.5) is 0 Å². The van der Waals surface area contributed by atoms with Crippen molar-refractivity contribution >= 4 is 11.7 Å². The Morgan fingerprint density at radius 1 is 1.13 bits per heavy atom. The van der Waals surface area contributed by atoms with Gasteiger partial charge in [-0.05, 0) is 12.0 Å². The van der Waals surface area contributed by atoms with Crippen LogP contribution in [-0.4, -0.2) is 17.7 Å². The molecule has 3 heteroatoms. The molecular formula is C12H13NO2. The van der Waals surface area contributed by atoms with E-state index in [1.807, 2.05) is 30.3 Å². The Kier molecular flexibility index (Phi) is 2.81. The van der Waals surface area contributed by atoms with Gasteiger partial charge in [-0.25, -0.2) is 0 Å². The topological polar surface area (TPSA) is 46.2 Å². The van der Waals surface area contributed by atoms with E-state index in [0.29, 0.717) is 19.3 Å². The molecule has 1 aromatic carbocycles. The van der Waals surface area contributed by atoms with Gasteiger partial charge in [-0.15, -0.1) is 0 Å². The van der Waals surface area contributed by atoms with Gasteiger partial charge >= 0.3 is 0 Å². The van der Waals surface area contributed by atoms with Crippen molar-refractivity contribution in [3.8, 4) is 0 Å². The maximum atomic E-state index is 11.5. The summed E-state index contributed by atoms with van der Waals surface area (Å²) in [5.74, 6) is 0.119. The van der Waals surface area contributed by atoms with Crippen molar-refractivity contribution in [1.82, 2.24) is 5.32 Å². The lowest BCUT2D eigenvalue weighted by atomic mass is 9.96. The molecule has 1 saturated heterocycles. The number of Topliss-reactive ketones (excluding diaryl/α,β-unsaturated/α-hetero) is 1. The highest BCUT2D eigenvalue weighted by atomic mass is 16.2. The van der Waals surface area contributed by atoms with Crippen LogP contribution in [-0.2, 0) is 16.0 Å². The molecule has 1 heterocycles. The summed E-state index contributed by atoms with van der Waals surface area (Å²) in [6.45, 7) is 0. The molecular weight excluding hydrogens is 190 g/mol. The molecule has 1 atom stereocenters. The van der Waals surface area contributed by atoms with E-state index in [-0.39, 0.29) is 17.7 Å². The van der Waals surface area contributed by atoms with Crippen LogP contribution in [0.5, 0.6) is 0 Å². The number of carbonyl (C=O) groups is 2. The minimum Gasteiger partial charge on any atom is -0.346 e. The van der Waals surface area contributed by atoms with E-state index in [2.05, 4.69) is 5.32 Å². The molecule has 0 radical (unpaired) electrons. The predicted molar refractivity (Wildman–Crippen MR) is 56.3 cm³/mol. The van der Waals surface area contributed by atoms with E-state index in [4.69, 9.17) is 0 Å². The summed E-state index contributed by atoms with van der Waals surface area (Å²) in [6.07, 6.45) is 1.32. The van der Waals surface area contributed by atoms with E-state index < -0.39 is 0 Å². The monoisotopic (exact) mass is 203 g/mol. The molecule has 2 rings (SSSR count). The van der Waals surface area contributed by atoms with Crippen molar-refractivity contribution in [2.75, 3.05) is 0 Å². The van der Waals surface area contributed by atoms with Crippen molar-refractivity contribution in [3.05, 3.63) is 35.9 Å². The largest absolute Gasteiger partial charge is 0.346 e.